The summed E-state index contributed by atoms with van der Waals surface area (Å²) in [4.78, 5) is 16.6. The van der Waals surface area contributed by atoms with Gasteiger partial charge < -0.3 is 4.74 Å². The van der Waals surface area contributed by atoms with Crippen molar-refractivity contribution in [3.05, 3.63) is 35.9 Å². The number of carbonyl (C=O) groups is 1. The second-order valence-corrected chi connectivity index (χ2v) is 5.77. The molecule has 2 atom stereocenters. The number of hydrogen-bond acceptors (Lipinski definition) is 3. The van der Waals surface area contributed by atoms with Crippen LogP contribution in [0, 0.1) is 0 Å². The van der Waals surface area contributed by atoms with Crippen molar-refractivity contribution < 1.29 is 9.53 Å². The largest absolute Gasteiger partial charge is 0.376 e. The summed E-state index contributed by atoms with van der Waals surface area (Å²) in [6.45, 7) is 1.59. The fraction of sp³-hybridized carbons (Fsp3) is 0.529. The fourth-order valence-corrected chi connectivity index (χ4v) is 3.10. The molecule has 1 aromatic carbocycles. The summed E-state index contributed by atoms with van der Waals surface area (Å²) < 4.78 is 5.59. The highest BCUT2D eigenvalue weighted by Gasteiger charge is 2.25. The third-order valence-corrected chi connectivity index (χ3v) is 4.17. The number of carbonyl (C=O) groups excluding carboxylic acids is 1. The summed E-state index contributed by atoms with van der Waals surface area (Å²) in [5.41, 5.74) is 2.32. The molecule has 1 heterocycles. The van der Waals surface area contributed by atoms with Crippen LogP contribution in [0.5, 0.6) is 0 Å². The molecule has 1 aromatic rings. The summed E-state index contributed by atoms with van der Waals surface area (Å²) in [6, 6.07) is 10.3. The van der Waals surface area contributed by atoms with Crippen LogP contribution in [0.1, 0.15) is 43.6 Å². The van der Waals surface area contributed by atoms with Crippen LogP contribution in [-0.4, -0.2) is 30.8 Å². The van der Waals surface area contributed by atoms with E-state index in [1.807, 2.05) is 18.2 Å². The Morgan fingerprint density at radius 3 is 2.80 bits per heavy atom. The van der Waals surface area contributed by atoms with E-state index in [2.05, 4.69) is 17.1 Å². The maximum absolute atomic E-state index is 11.9. The monoisotopic (exact) mass is 271 g/mol. The lowest BCUT2D eigenvalue weighted by atomic mass is 9.82. The van der Waals surface area contributed by atoms with Crippen molar-refractivity contribution in [2.75, 3.05) is 13.2 Å². The van der Waals surface area contributed by atoms with Crippen molar-refractivity contribution in [3.63, 3.8) is 0 Å². The molecule has 2 fully saturated rings. The van der Waals surface area contributed by atoms with Crippen LogP contribution in [0.2, 0.25) is 0 Å². The van der Waals surface area contributed by atoms with Gasteiger partial charge in [-0.25, -0.2) is 0 Å². The third-order valence-electron chi connectivity index (χ3n) is 4.17. The number of aliphatic imine (C=N–C) groups is 1. The number of Topliss-reactive ketones (excluding diaryl/α,β-unsaturated/α-hetero) is 1. The van der Waals surface area contributed by atoms with Gasteiger partial charge >= 0.3 is 0 Å². The van der Waals surface area contributed by atoms with Gasteiger partial charge in [0.05, 0.1) is 12.6 Å². The first kappa shape index (κ1) is 13.5. The van der Waals surface area contributed by atoms with Gasteiger partial charge in [0.2, 0.25) is 0 Å². The van der Waals surface area contributed by atoms with Crippen molar-refractivity contribution in [1.29, 1.82) is 0 Å². The normalized spacial score (nSPS) is 29.0. The molecule has 0 unspecified atom stereocenters. The minimum Gasteiger partial charge on any atom is -0.376 e. The Morgan fingerprint density at radius 1 is 1.20 bits per heavy atom. The average Bonchev–Trinajstić information content (AvgIpc) is 2.99. The van der Waals surface area contributed by atoms with Crippen LogP contribution in [0.4, 0.5) is 0 Å². The molecule has 1 aliphatic heterocycles. The third kappa shape index (κ3) is 3.34. The Hall–Kier alpha value is -1.48. The molecule has 0 spiro atoms. The molecule has 0 bridgehead atoms. The lowest BCUT2D eigenvalue weighted by Gasteiger charge is -2.23. The molecule has 0 radical (unpaired) electrons. The first-order valence-corrected chi connectivity index (χ1v) is 7.51. The Labute approximate surface area is 120 Å². The zero-order chi connectivity index (χ0) is 13.8. The van der Waals surface area contributed by atoms with E-state index in [1.54, 1.807) is 0 Å². The van der Waals surface area contributed by atoms with Gasteiger partial charge in [0.25, 0.3) is 0 Å². The van der Waals surface area contributed by atoms with Crippen LogP contribution in [-0.2, 0) is 9.53 Å². The minimum atomic E-state index is 0.273. The maximum atomic E-state index is 11.9. The van der Waals surface area contributed by atoms with Gasteiger partial charge in [-0.1, -0.05) is 30.3 Å². The molecule has 1 saturated carbocycles. The second-order valence-electron chi connectivity index (χ2n) is 5.77. The smallest absolute Gasteiger partial charge is 0.139 e. The van der Waals surface area contributed by atoms with Crippen molar-refractivity contribution in [1.82, 2.24) is 0 Å². The molecule has 20 heavy (non-hydrogen) atoms. The molecule has 1 aliphatic carbocycles. The highest BCUT2D eigenvalue weighted by atomic mass is 16.5. The first-order valence-electron chi connectivity index (χ1n) is 7.51. The number of nitrogens with zero attached hydrogens (tertiary/aromatic N) is 1. The number of hydrogen-bond donors (Lipinski definition) is 0. The topological polar surface area (TPSA) is 38.7 Å². The molecule has 1 saturated heterocycles. The molecular formula is C17H21NO2. The van der Waals surface area contributed by atoms with Crippen LogP contribution in [0.3, 0.4) is 0 Å². The lowest BCUT2D eigenvalue weighted by Crippen LogP contribution is -2.23. The highest BCUT2D eigenvalue weighted by Crippen LogP contribution is 2.29. The predicted molar refractivity (Wildman–Crippen MR) is 79.3 cm³/mol. The van der Waals surface area contributed by atoms with Gasteiger partial charge in [0, 0.05) is 25.2 Å². The maximum Gasteiger partial charge on any atom is 0.139 e. The van der Waals surface area contributed by atoms with E-state index >= 15 is 0 Å². The van der Waals surface area contributed by atoms with Gasteiger partial charge in [-0.3, -0.25) is 9.79 Å². The van der Waals surface area contributed by atoms with E-state index in [4.69, 9.17) is 4.74 Å². The Balaban J connectivity index is 1.66. The first-order chi connectivity index (χ1) is 9.81. The van der Waals surface area contributed by atoms with E-state index in [1.165, 1.54) is 5.56 Å². The molecule has 0 N–H and O–H groups in total. The van der Waals surface area contributed by atoms with E-state index in [0.29, 0.717) is 24.5 Å². The molecular weight excluding hydrogens is 250 g/mol. The van der Waals surface area contributed by atoms with Gasteiger partial charge in [-0.05, 0) is 30.7 Å². The molecule has 2 aliphatic rings. The van der Waals surface area contributed by atoms with Crippen molar-refractivity contribution in [3.8, 4) is 0 Å². The van der Waals surface area contributed by atoms with Gasteiger partial charge in [-0.15, -0.1) is 0 Å². The molecule has 106 valence electrons. The number of ketones is 1. The molecule has 3 nitrogen and oxygen atoms in total. The number of rotatable bonds is 3. The summed E-state index contributed by atoms with van der Waals surface area (Å²) in [5.74, 6) is 0.622. The molecule has 0 amide bonds. The Morgan fingerprint density at radius 2 is 2.05 bits per heavy atom. The summed E-state index contributed by atoms with van der Waals surface area (Å²) in [6.07, 6.45) is 4.63. The lowest BCUT2D eigenvalue weighted by molar-refractivity contribution is -0.118. The zero-order valence-electron chi connectivity index (χ0n) is 11.8. The summed E-state index contributed by atoms with van der Waals surface area (Å²) >= 11 is 0. The SMILES string of the molecule is O=C1CC(=NC[C@H]2CCCO2)C[C@@H](c2ccccc2)C1. The summed E-state index contributed by atoms with van der Waals surface area (Å²) in [5, 5.41) is 0. The standard InChI is InChI=1S/C17H21NO2/c19-16-10-14(13-5-2-1-3-6-13)9-15(11-16)18-12-17-7-4-8-20-17/h1-3,5-6,14,17H,4,7-12H2/t14-,17-/m1/s1. The van der Waals surface area contributed by atoms with Crippen LogP contribution >= 0.6 is 0 Å². The van der Waals surface area contributed by atoms with Gasteiger partial charge in [0.1, 0.15) is 5.78 Å². The van der Waals surface area contributed by atoms with E-state index < -0.39 is 0 Å². The Bertz CT molecular complexity index is 489. The molecule has 3 rings (SSSR count). The molecule has 3 heteroatoms. The fourth-order valence-electron chi connectivity index (χ4n) is 3.10. The highest BCUT2D eigenvalue weighted by molar-refractivity contribution is 6.05. The van der Waals surface area contributed by atoms with Gasteiger partial charge in [0.15, 0.2) is 0 Å². The predicted octanol–water partition coefficient (Wildman–Crippen LogP) is 3.14. The van der Waals surface area contributed by atoms with Crippen molar-refractivity contribution >= 4 is 11.5 Å². The Kier molecular flexibility index (Phi) is 4.26. The average molecular weight is 271 g/mol. The summed E-state index contributed by atoms with van der Waals surface area (Å²) in [7, 11) is 0. The van der Waals surface area contributed by atoms with Crippen molar-refractivity contribution in [2.45, 2.75) is 44.1 Å². The quantitative estimate of drug-likeness (QED) is 0.847. The van der Waals surface area contributed by atoms with Crippen LogP contribution < -0.4 is 0 Å². The van der Waals surface area contributed by atoms with Crippen LogP contribution in [0.15, 0.2) is 35.3 Å². The van der Waals surface area contributed by atoms with E-state index in [-0.39, 0.29) is 6.10 Å². The second kappa shape index (κ2) is 6.31. The van der Waals surface area contributed by atoms with Gasteiger partial charge in [-0.2, -0.15) is 0 Å². The number of benzene rings is 1. The van der Waals surface area contributed by atoms with E-state index in [0.717, 1.165) is 38.1 Å². The number of ether oxygens (including phenoxy) is 1. The minimum absolute atomic E-state index is 0.273. The molecule has 0 aromatic heterocycles. The van der Waals surface area contributed by atoms with E-state index in [9.17, 15) is 4.79 Å². The van der Waals surface area contributed by atoms with Crippen LogP contribution in [0.25, 0.3) is 0 Å². The van der Waals surface area contributed by atoms with Crippen molar-refractivity contribution in [2.24, 2.45) is 4.99 Å². The zero-order valence-corrected chi connectivity index (χ0v) is 11.8.